The van der Waals surface area contributed by atoms with Gasteiger partial charge >= 0.3 is 0 Å². The molecule has 0 spiro atoms. The SMILES string of the molecule is COc1ccc(C(=O)Nc2ncc(C(N)=O)s2)cc1S(=O)(=O)N1CCCC1. The first kappa shape index (κ1) is 19.3. The number of nitrogens with zero attached hydrogens (tertiary/aromatic N) is 2. The summed E-state index contributed by atoms with van der Waals surface area (Å²) in [7, 11) is -2.39. The largest absolute Gasteiger partial charge is 0.495 e. The van der Waals surface area contributed by atoms with E-state index in [9.17, 15) is 18.0 Å². The van der Waals surface area contributed by atoms with Gasteiger partial charge in [0.05, 0.1) is 13.3 Å². The molecule has 0 bridgehead atoms. The van der Waals surface area contributed by atoms with Crippen molar-refractivity contribution in [2.75, 3.05) is 25.5 Å². The number of amides is 2. The number of nitrogens with one attached hydrogen (secondary N) is 1. The molecule has 11 heteroatoms. The molecule has 1 aromatic carbocycles. The van der Waals surface area contributed by atoms with E-state index in [0.717, 1.165) is 24.2 Å². The van der Waals surface area contributed by atoms with Crippen molar-refractivity contribution in [2.24, 2.45) is 5.73 Å². The van der Waals surface area contributed by atoms with E-state index in [1.165, 1.54) is 35.8 Å². The van der Waals surface area contributed by atoms with Crippen LogP contribution in [0.1, 0.15) is 32.9 Å². The molecule has 2 heterocycles. The monoisotopic (exact) mass is 410 g/mol. The number of aromatic nitrogens is 1. The van der Waals surface area contributed by atoms with Crippen LogP contribution in [0, 0.1) is 0 Å². The maximum absolute atomic E-state index is 12.9. The van der Waals surface area contributed by atoms with Crippen molar-refractivity contribution in [3.63, 3.8) is 0 Å². The Hall–Kier alpha value is -2.50. The van der Waals surface area contributed by atoms with E-state index in [1.54, 1.807) is 0 Å². The molecule has 0 atom stereocenters. The predicted molar refractivity (Wildman–Crippen MR) is 99.6 cm³/mol. The van der Waals surface area contributed by atoms with Crippen molar-refractivity contribution in [1.82, 2.24) is 9.29 Å². The Morgan fingerprint density at radius 3 is 2.59 bits per heavy atom. The zero-order valence-electron chi connectivity index (χ0n) is 14.5. The highest BCUT2D eigenvalue weighted by atomic mass is 32.2. The van der Waals surface area contributed by atoms with Gasteiger partial charge in [0.1, 0.15) is 15.5 Å². The van der Waals surface area contributed by atoms with Crippen molar-refractivity contribution in [1.29, 1.82) is 0 Å². The van der Waals surface area contributed by atoms with Crippen molar-refractivity contribution in [3.8, 4) is 5.75 Å². The number of benzene rings is 1. The lowest BCUT2D eigenvalue weighted by Gasteiger charge is -2.18. The number of nitrogens with two attached hydrogens (primary N) is 1. The Labute approximate surface area is 160 Å². The minimum absolute atomic E-state index is 0.0588. The van der Waals surface area contributed by atoms with Gasteiger partial charge in [-0.1, -0.05) is 11.3 Å². The zero-order valence-corrected chi connectivity index (χ0v) is 16.1. The summed E-state index contributed by atoms with van der Waals surface area (Å²) >= 11 is 0.933. The number of hydrogen-bond donors (Lipinski definition) is 2. The molecule has 1 fully saturated rings. The molecule has 1 aliphatic rings. The summed E-state index contributed by atoms with van der Waals surface area (Å²) in [6.07, 6.45) is 2.86. The lowest BCUT2D eigenvalue weighted by atomic mass is 10.2. The fourth-order valence-electron chi connectivity index (χ4n) is 2.70. The third-order valence-electron chi connectivity index (χ3n) is 4.08. The highest BCUT2D eigenvalue weighted by molar-refractivity contribution is 7.89. The highest BCUT2D eigenvalue weighted by Crippen LogP contribution is 2.30. The summed E-state index contributed by atoms with van der Waals surface area (Å²) in [6, 6.07) is 4.18. The van der Waals surface area contributed by atoms with Gasteiger partial charge in [0, 0.05) is 18.7 Å². The molecule has 0 aliphatic carbocycles. The summed E-state index contributed by atoms with van der Waals surface area (Å²) in [5, 5.41) is 2.72. The van der Waals surface area contributed by atoms with Crippen LogP contribution in [0.4, 0.5) is 5.13 Å². The van der Waals surface area contributed by atoms with Gasteiger partial charge in [-0.15, -0.1) is 0 Å². The molecule has 2 aromatic rings. The van der Waals surface area contributed by atoms with Gasteiger partial charge < -0.3 is 10.5 Å². The Balaban J connectivity index is 1.89. The second-order valence-corrected chi connectivity index (χ2v) is 8.76. The normalized spacial score (nSPS) is 14.9. The number of primary amides is 1. The summed E-state index contributed by atoms with van der Waals surface area (Å²) in [4.78, 5) is 27.7. The van der Waals surface area contributed by atoms with E-state index < -0.39 is 21.8 Å². The molecule has 2 amide bonds. The lowest BCUT2D eigenvalue weighted by Crippen LogP contribution is -2.28. The average Bonchev–Trinajstić information content (AvgIpc) is 3.33. The Morgan fingerprint density at radius 1 is 1.30 bits per heavy atom. The second-order valence-electron chi connectivity index (χ2n) is 5.82. The first-order valence-electron chi connectivity index (χ1n) is 8.08. The van der Waals surface area contributed by atoms with Gasteiger partial charge in [-0.05, 0) is 31.0 Å². The zero-order chi connectivity index (χ0) is 19.6. The molecular formula is C16H18N4O5S2. The Morgan fingerprint density at radius 2 is 2.00 bits per heavy atom. The molecule has 1 aromatic heterocycles. The number of thiazole rings is 1. The minimum atomic E-state index is -3.76. The molecule has 1 saturated heterocycles. The quantitative estimate of drug-likeness (QED) is 0.737. The molecule has 144 valence electrons. The summed E-state index contributed by atoms with van der Waals surface area (Å²) in [5.74, 6) is -1.03. The van der Waals surface area contributed by atoms with Gasteiger partial charge in [-0.3, -0.25) is 14.9 Å². The molecule has 3 rings (SSSR count). The number of carbonyl (C=O) groups excluding carboxylic acids is 2. The number of anilines is 1. The van der Waals surface area contributed by atoms with Crippen LogP contribution in [0.25, 0.3) is 0 Å². The number of carbonyl (C=O) groups is 2. The molecule has 3 N–H and O–H groups in total. The van der Waals surface area contributed by atoms with Gasteiger partial charge in [-0.25, -0.2) is 13.4 Å². The summed E-state index contributed by atoms with van der Waals surface area (Å²) < 4.78 is 32.3. The standard InChI is InChI=1S/C16H18N4O5S2/c1-25-11-5-4-10(8-13(11)27(23,24)20-6-2-3-7-20)15(22)19-16-18-9-12(26-16)14(17)21/h4-5,8-9H,2-3,6-7H2,1H3,(H2,17,21)(H,18,19,22). The number of methoxy groups -OCH3 is 1. The molecule has 9 nitrogen and oxygen atoms in total. The van der Waals surface area contributed by atoms with E-state index in [-0.39, 0.29) is 26.2 Å². The van der Waals surface area contributed by atoms with Gasteiger partial charge in [0.15, 0.2) is 5.13 Å². The van der Waals surface area contributed by atoms with Crippen LogP contribution in [0.5, 0.6) is 5.75 Å². The third kappa shape index (κ3) is 3.94. The van der Waals surface area contributed by atoms with Gasteiger partial charge in [0.25, 0.3) is 11.8 Å². The van der Waals surface area contributed by atoms with E-state index in [4.69, 9.17) is 10.5 Å². The second kappa shape index (κ2) is 7.62. The summed E-state index contributed by atoms with van der Waals surface area (Å²) in [6.45, 7) is 0.883. The van der Waals surface area contributed by atoms with E-state index >= 15 is 0 Å². The van der Waals surface area contributed by atoms with Crippen molar-refractivity contribution in [2.45, 2.75) is 17.7 Å². The third-order valence-corrected chi connectivity index (χ3v) is 6.92. The Kier molecular flexibility index (Phi) is 5.44. The molecular weight excluding hydrogens is 392 g/mol. The molecule has 1 aliphatic heterocycles. The van der Waals surface area contributed by atoms with Crippen molar-refractivity contribution in [3.05, 3.63) is 34.8 Å². The number of ether oxygens (including phenoxy) is 1. The number of sulfonamides is 1. The fraction of sp³-hybridized carbons (Fsp3) is 0.312. The lowest BCUT2D eigenvalue weighted by molar-refractivity contribution is 0.100. The van der Waals surface area contributed by atoms with Crippen LogP contribution in [0.3, 0.4) is 0 Å². The first-order valence-corrected chi connectivity index (χ1v) is 10.3. The van der Waals surface area contributed by atoms with Crippen LogP contribution in [0.2, 0.25) is 0 Å². The first-order chi connectivity index (χ1) is 12.8. The van der Waals surface area contributed by atoms with Crippen LogP contribution in [0.15, 0.2) is 29.3 Å². The predicted octanol–water partition coefficient (Wildman–Crippen LogP) is 1.29. The van der Waals surface area contributed by atoms with Crippen LogP contribution in [-0.4, -0.2) is 49.7 Å². The summed E-state index contributed by atoms with van der Waals surface area (Å²) in [5.41, 5.74) is 5.29. The van der Waals surface area contributed by atoms with Gasteiger partial charge in [0.2, 0.25) is 10.0 Å². The molecule has 0 radical (unpaired) electrons. The smallest absolute Gasteiger partial charge is 0.260 e. The van der Waals surface area contributed by atoms with Crippen LogP contribution in [-0.2, 0) is 10.0 Å². The topological polar surface area (TPSA) is 132 Å². The van der Waals surface area contributed by atoms with E-state index in [1.807, 2.05) is 0 Å². The van der Waals surface area contributed by atoms with Crippen LogP contribution >= 0.6 is 11.3 Å². The van der Waals surface area contributed by atoms with Crippen molar-refractivity contribution >= 4 is 38.3 Å². The molecule has 0 unspecified atom stereocenters. The van der Waals surface area contributed by atoms with E-state index in [2.05, 4.69) is 10.3 Å². The maximum Gasteiger partial charge on any atom is 0.260 e. The highest BCUT2D eigenvalue weighted by Gasteiger charge is 2.30. The van der Waals surface area contributed by atoms with E-state index in [0.29, 0.717) is 13.1 Å². The van der Waals surface area contributed by atoms with Crippen molar-refractivity contribution < 1.29 is 22.7 Å². The minimum Gasteiger partial charge on any atom is -0.495 e. The number of hydrogen-bond acceptors (Lipinski definition) is 7. The van der Waals surface area contributed by atoms with Crippen LogP contribution < -0.4 is 15.8 Å². The molecule has 0 saturated carbocycles. The maximum atomic E-state index is 12.9. The Bertz CT molecular complexity index is 980. The van der Waals surface area contributed by atoms with Gasteiger partial charge in [-0.2, -0.15) is 4.31 Å². The average molecular weight is 410 g/mol. The number of rotatable bonds is 6. The molecule has 27 heavy (non-hydrogen) atoms. The fourth-order valence-corrected chi connectivity index (χ4v) is 5.06.